The third-order valence-electron chi connectivity index (χ3n) is 4.22. The molecule has 2 aromatic carbocycles. The Morgan fingerprint density at radius 2 is 1.81 bits per heavy atom. The van der Waals surface area contributed by atoms with Crippen LogP contribution in [0.2, 0.25) is 0 Å². The minimum atomic E-state index is 0.628. The lowest BCUT2D eigenvalue weighted by Crippen LogP contribution is -2.03. The van der Waals surface area contributed by atoms with Crippen LogP contribution in [0.15, 0.2) is 60.8 Å². The van der Waals surface area contributed by atoms with Crippen molar-refractivity contribution >= 4 is 27.2 Å². The standard InChI is InChI=1S/C21H19N3O2S/c1-25-16-8-7-14(11-17(16)26-2)13-23-20-9-10-22-21(24-20)19-12-15-5-3-4-6-18(15)27-19/h3-12H,13H2,1-2H3,(H,22,23,24). The van der Waals surface area contributed by atoms with Crippen LogP contribution in [-0.2, 0) is 6.54 Å². The Labute approximate surface area is 161 Å². The number of rotatable bonds is 6. The number of aromatic nitrogens is 2. The van der Waals surface area contributed by atoms with E-state index in [-0.39, 0.29) is 0 Å². The van der Waals surface area contributed by atoms with Gasteiger partial charge in [-0.1, -0.05) is 24.3 Å². The number of benzene rings is 2. The van der Waals surface area contributed by atoms with E-state index in [2.05, 4.69) is 33.5 Å². The summed E-state index contributed by atoms with van der Waals surface area (Å²) >= 11 is 1.70. The molecule has 1 N–H and O–H groups in total. The zero-order valence-electron chi connectivity index (χ0n) is 15.1. The minimum absolute atomic E-state index is 0.628. The Morgan fingerprint density at radius 1 is 0.963 bits per heavy atom. The highest BCUT2D eigenvalue weighted by Crippen LogP contribution is 2.32. The normalized spacial score (nSPS) is 10.7. The molecule has 0 fully saturated rings. The molecule has 0 saturated heterocycles. The number of thiophene rings is 1. The van der Waals surface area contributed by atoms with Crippen LogP contribution in [0.3, 0.4) is 0 Å². The molecule has 0 saturated carbocycles. The number of nitrogens with zero attached hydrogens (tertiary/aromatic N) is 2. The van der Waals surface area contributed by atoms with Gasteiger partial charge in [-0.25, -0.2) is 9.97 Å². The van der Waals surface area contributed by atoms with Gasteiger partial charge in [0.2, 0.25) is 0 Å². The lowest BCUT2D eigenvalue weighted by Gasteiger charge is -2.11. The Morgan fingerprint density at radius 3 is 2.63 bits per heavy atom. The molecule has 136 valence electrons. The number of fused-ring (bicyclic) bond motifs is 1. The highest BCUT2D eigenvalue weighted by atomic mass is 32.1. The van der Waals surface area contributed by atoms with E-state index in [1.54, 1.807) is 31.8 Å². The van der Waals surface area contributed by atoms with E-state index in [9.17, 15) is 0 Å². The summed E-state index contributed by atoms with van der Waals surface area (Å²) in [5.74, 6) is 2.95. The summed E-state index contributed by atoms with van der Waals surface area (Å²) in [6, 6.07) is 18.2. The van der Waals surface area contributed by atoms with Crippen molar-refractivity contribution in [3.8, 4) is 22.2 Å². The fourth-order valence-corrected chi connectivity index (χ4v) is 3.86. The van der Waals surface area contributed by atoms with Gasteiger partial charge in [-0.05, 0) is 41.3 Å². The maximum absolute atomic E-state index is 5.36. The third-order valence-corrected chi connectivity index (χ3v) is 5.34. The molecule has 0 aliphatic rings. The second-order valence-corrected chi connectivity index (χ2v) is 7.04. The van der Waals surface area contributed by atoms with Gasteiger partial charge in [0.15, 0.2) is 17.3 Å². The lowest BCUT2D eigenvalue weighted by atomic mass is 10.2. The number of anilines is 1. The van der Waals surface area contributed by atoms with Crippen molar-refractivity contribution in [3.05, 3.63) is 66.4 Å². The van der Waals surface area contributed by atoms with Gasteiger partial charge in [0.25, 0.3) is 0 Å². The molecule has 4 aromatic rings. The first kappa shape index (κ1) is 17.3. The molecule has 0 amide bonds. The second-order valence-electron chi connectivity index (χ2n) is 5.96. The van der Waals surface area contributed by atoms with Gasteiger partial charge in [0.05, 0.1) is 19.1 Å². The van der Waals surface area contributed by atoms with Gasteiger partial charge in [-0.2, -0.15) is 0 Å². The van der Waals surface area contributed by atoms with Crippen molar-refractivity contribution in [3.63, 3.8) is 0 Å². The van der Waals surface area contributed by atoms with E-state index in [1.165, 1.54) is 10.1 Å². The molecule has 0 aliphatic heterocycles. The summed E-state index contributed by atoms with van der Waals surface area (Å²) in [7, 11) is 3.27. The van der Waals surface area contributed by atoms with Gasteiger partial charge in [0.1, 0.15) is 5.82 Å². The molecular weight excluding hydrogens is 358 g/mol. The van der Waals surface area contributed by atoms with Crippen LogP contribution < -0.4 is 14.8 Å². The number of methoxy groups -OCH3 is 2. The van der Waals surface area contributed by atoms with Crippen LogP contribution in [0.5, 0.6) is 11.5 Å². The van der Waals surface area contributed by atoms with E-state index in [0.29, 0.717) is 12.3 Å². The quantitative estimate of drug-likeness (QED) is 0.513. The van der Waals surface area contributed by atoms with Gasteiger partial charge in [-0.3, -0.25) is 0 Å². The van der Waals surface area contributed by atoms with Crippen LogP contribution in [0.25, 0.3) is 20.8 Å². The molecule has 6 heteroatoms. The van der Waals surface area contributed by atoms with Crippen molar-refractivity contribution in [2.75, 3.05) is 19.5 Å². The summed E-state index contributed by atoms with van der Waals surface area (Å²) in [6.07, 6.45) is 1.78. The molecule has 0 spiro atoms. The summed E-state index contributed by atoms with van der Waals surface area (Å²) < 4.78 is 11.9. The Bertz CT molecular complexity index is 1040. The van der Waals surface area contributed by atoms with E-state index in [1.807, 2.05) is 36.4 Å². The smallest absolute Gasteiger partial charge is 0.171 e. The Balaban J connectivity index is 1.53. The molecule has 0 aliphatic carbocycles. The number of nitrogens with one attached hydrogen (secondary N) is 1. The highest BCUT2D eigenvalue weighted by molar-refractivity contribution is 7.22. The van der Waals surface area contributed by atoms with Crippen molar-refractivity contribution in [1.82, 2.24) is 9.97 Å². The topological polar surface area (TPSA) is 56.3 Å². The summed E-state index contributed by atoms with van der Waals surface area (Å²) in [4.78, 5) is 10.2. The number of hydrogen-bond acceptors (Lipinski definition) is 6. The van der Waals surface area contributed by atoms with Gasteiger partial charge in [-0.15, -0.1) is 11.3 Å². The summed E-state index contributed by atoms with van der Waals surface area (Å²) in [6.45, 7) is 0.628. The fourth-order valence-electron chi connectivity index (χ4n) is 2.85. The lowest BCUT2D eigenvalue weighted by molar-refractivity contribution is 0.354. The summed E-state index contributed by atoms with van der Waals surface area (Å²) in [5, 5.41) is 4.56. The third kappa shape index (κ3) is 3.71. The molecule has 4 rings (SSSR count). The molecule has 2 aromatic heterocycles. The zero-order chi connectivity index (χ0) is 18.6. The molecular formula is C21H19N3O2S. The van der Waals surface area contributed by atoms with Gasteiger partial charge in [0, 0.05) is 17.4 Å². The maximum atomic E-state index is 5.36. The molecule has 5 nitrogen and oxygen atoms in total. The first-order valence-corrected chi connectivity index (χ1v) is 9.35. The number of ether oxygens (including phenoxy) is 2. The average molecular weight is 377 g/mol. The predicted molar refractivity (Wildman–Crippen MR) is 110 cm³/mol. The minimum Gasteiger partial charge on any atom is -0.493 e. The molecule has 0 bridgehead atoms. The zero-order valence-corrected chi connectivity index (χ0v) is 15.9. The SMILES string of the molecule is COc1ccc(CNc2ccnc(-c3cc4ccccc4s3)n2)cc1OC. The molecule has 0 unspecified atom stereocenters. The molecule has 0 atom stereocenters. The van der Waals surface area contributed by atoms with Crippen LogP contribution >= 0.6 is 11.3 Å². The fraction of sp³-hybridized carbons (Fsp3) is 0.143. The van der Waals surface area contributed by atoms with Gasteiger partial charge >= 0.3 is 0 Å². The largest absolute Gasteiger partial charge is 0.493 e. The number of hydrogen-bond donors (Lipinski definition) is 1. The van der Waals surface area contributed by atoms with Gasteiger partial charge < -0.3 is 14.8 Å². The van der Waals surface area contributed by atoms with Crippen LogP contribution in [0.1, 0.15) is 5.56 Å². The monoisotopic (exact) mass is 377 g/mol. The molecule has 2 heterocycles. The molecule has 0 radical (unpaired) electrons. The first-order chi connectivity index (χ1) is 13.3. The van der Waals surface area contributed by atoms with E-state index in [4.69, 9.17) is 9.47 Å². The van der Waals surface area contributed by atoms with Crippen molar-refractivity contribution in [2.24, 2.45) is 0 Å². The molecule has 27 heavy (non-hydrogen) atoms. The predicted octanol–water partition coefficient (Wildman–Crippen LogP) is 4.99. The van der Waals surface area contributed by atoms with E-state index < -0.39 is 0 Å². The van der Waals surface area contributed by atoms with E-state index in [0.717, 1.165) is 27.8 Å². The van der Waals surface area contributed by atoms with Crippen LogP contribution in [0, 0.1) is 0 Å². The Kier molecular flexibility index (Phi) is 4.89. The summed E-state index contributed by atoms with van der Waals surface area (Å²) in [5.41, 5.74) is 1.08. The maximum Gasteiger partial charge on any atom is 0.171 e. The van der Waals surface area contributed by atoms with Crippen molar-refractivity contribution in [1.29, 1.82) is 0 Å². The van der Waals surface area contributed by atoms with Crippen molar-refractivity contribution < 1.29 is 9.47 Å². The van der Waals surface area contributed by atoms with Crippen LogP contribution in [0.4, 0.5) is 5.82 Å². The van der Waals surface area contributed by atoms with E-state index >= 15 is 0 Å². The Hall–Kier alpha value is -3.12. The first-order valence-electron chi connectivity index (χ1n) is 8.53. The van der Waals surface area contributed by atoms with Crippen LogP contribution in [-0.4, -0.2) is 24.2 Å². The van der Waals surface area contributed by atoms with Crippen molar-refractivity contribution in [2.45, 2.75) is 6.54 Å². The second kappa shape index (κ2) is 7.63. The average Bonchev–Trinajstić information content (AvgIpc) is 3.16. The highest BCUT2D eigenvalue weighted by Gasteiger charge is 2.08.